The van der Waals surface area contributed by atoms with Crippen LogP contribution in [0.5, 0.6) is 0 Å². The second-order valence-electron chi connectivity index (χ2n) is 4.84. The molecule has 1 aromatic rings. The molecule has 1 fully saturated rings. The zero-order chi connectivity index (χ0) is 13.0. The summed E-state index contributed by atoms with van der Waals surface area (Å²) >= 11 is 0. The van der Waals surface area contributed by atoms with Gasteiger partial charge in [0.05, 0.1) is 17.8 Å². The summed E-state index contributed by atoms with van der Waals surface area (Å²) < 4.78 is 0. The van der Waals surface area contributed by atoms with Crippen LogP contribution in [0.15, 0.2) is 18.3 Å². The number of hydrogen-bond donors (Lipinski definition) is 3. The number of aliphatic hydroxyl groups is 1. The molecule has 1 aliphatic rings. The van der Waals surface area contributed by atoms with Crippen molar-refractivity contribution in [3.63, 3.8) is 0 Å². The number of amides is 1. The molecule has 18 heavy (non-hydrogen) atoms. The Kier molecular flexibility index (Phi) is 3.93. The zero-order valence-electron chi connectivity index (χ0n) is 10.4. The molecule has 0 radical (unpaired) electrons. The number of carbonyl (C=O) groups is 1. The van der Waals surface area contributed by atoms with Gasteiger partial charge in [-0.2, -0.15) is 0 Å². The Bertz CT molecular complexity index is 428. The van der Waals surface area contributed by atoms with Crippen molar-refractivity contribution in [1.29, 1.82) is 0 Å². The molecule has 0 atom stereocenters. The number of nitrogens with zero attached hydrogens (tertiary/aromatic N) is 1. The van der Waals surface area contributed by atoms with Crippen molar-refractivity contribution >= 4 is 5.91 Å². The fraction of sp³-hybridized carbons (Fsp3) is 0.538. The van der Waals surface area contributed by atoms with Crippen molar-refractivity contribution < 1.29 is 9.90 Å². The Morgan fingerprint density at radius 3 is 2.83 bits per heavy atom. The lowest BCUT2D eigenvalue weighted by Gasteiger charge is -2.28. The van der Waals surface area contributed by atoms with Crippen molar-refractivity contribution in [2.24, 2.45) is 5.73 Å². The van der Waals surface area contributed by atoms with Crippen LogP contribution in [-0.4, -0.2) is 28.1 Å². The second kappa shape index (κ2) is 5.46. The fourth-order valence-electron chi connectivity index (χ4n) is 2.42. The van der Waals surface area contributed by atoms with Gasteiger partial charge in [0, 0.05) is 18.3 Å². The van der Waals surface area contributed by atoms with Crippen molar-refractivity contribution in [1.82, 2.24) is 10.3 Å². The zero-order valence-corrected chi connectivity index (χ0v) is 10.4. The highest BCUT2D eigenvalue weighted by molar-refractivity contribution is 5.94. The van der Waals surface area contributed by atoms with Crippen LogP contribution in [0.1, 0.15) is 41.7 Å². The highest BCUT2D eigenvalue weighted by atomic mass is 16.3. The number of pyridine rings is 1. The maximum Gasteiger partial charge on any atom is 0.251 e. The van der Waals surface area contributed by atoms with Crippen molar-refractivity contribution in [2.45, 2.75) is 37.8 Å². The third-order valence-electron chi connectivity index (χ3n) is 3.53. The van der Waals surface area contributed by atoms with Gasteiger partial charge in [0.25, 0.3) is 5.91 Å². The summed E-state index contributed by atoms with van der Waals surface area (Å²) in [6, 6.07) is 3.35. The van der Waals surface area contributed by atoms with E-state index in [1.54, 1.807) is 18.3 Å². The first kappa shape index (κ1) is 13.0. The molecule has 1 aliphatic carbocycles. The number of aliphatic hydroxyl groups excluding tert-OH is 1. The Labute approximate surface area is 106 Å². The van der Waals surface area contributed by atoms with Crippen LogP contribution in [0, 0.1) is 0 Å². The van der Waals surface area contributed by atoms with Crippen LogP contribution in [0.25, 0.3) is 0 Å². The van der Waals surface area contributed by atoms with E-state index in [4.69, 9.17) is 5.73 Å². The van der Waals surface area contributed by atoms with E-state index in [9.17, 15) is 9.90 Å². The third-order valence-corrected chi connectivity index (χ3v) is 3.53. The predicted octanol–water partition coefficient (Wildman–Crippen LogP) is 0.575. The maximum absolute atomic E-state index is 12.1. The molecule has 0 spiro atoms. The second-order valence-corrected chi connectivity index (χ2v) is 4.84. The van der Waals surface area contributed by atoms with Crippen molar-refractivity contribution in [3.05, 3.63) is 29.6 Å². The lowest BCUT2D eigenvalue weighted by atomic mass is 9.98. The molecule has 98 valence electrons. The first-order valence-electron chi connectivity index (χ1n) is 6.27. The first-order chi connectivity index (χ1) is 8.69. The number of aromatic nitrogens is 1. The minimum Gasteiger partial charge on any atom is -0.394 e. The Morgan fingerprint density at radius 2 is 2.22 bits per heavy atom. The Balaban J connectivity index is 2.11. The van der Waals surface area contributed by atoms with E-state index in [-0.39, 0.29) is 12.5 Å². The molecular formula is C13H19N3O2. The molecule has 0 bridgehead atoms. The average molecular weight is 249 g/mol. The van der Waals surface area contributed by atoms with Gasteiger partial charge in [-0.3, -0.25) is 9.78 Å². The van der Waals surface area contributed by atoms with Crippen LogP contribution in [0.3, 0.4) is 0 Å². The predicted molar refractivity (Wildman–Crippen MR) is 67.9 cm³/mol. The normalized spacial score (nSPS) is 17.7. The van der Waals surface area contributed by atoms with Crippen LogP contribution in [-0.2, 0) is 6.54 Å². The molecule has 0 aliphatic heterocycles. The van der Waals surface area contributed by atoms with Crippen LogP contribution < -0.4 is 11.1 Å². The smallest absolute Gasteiger partial charge is 0.251 e. The van der Waals surface area contributed by atoms with E-state index in [1.165, 1.54) is 0 Å². The maximum atomic E-state index is 12.1. The van der Waals surface area contributed by atoms with Gasteiger partial charge >= 0.3 is 0 Å². The van der Waals surface area contributed by atoms with Gasteiger partial charge in [-0.05, 0) is 25.0 Å². The van der Waals surface area contributed by atoms with E-state index < -0.39 is 5.54 Å². The standard InChI is InChI=1S/C13H19N3O2/c14-8-11-7-10(3-6-15-11)12(18)16-13(9-17)4-1-2-5-13/h3,6-7,17H,1-2,4-5,8-9,14H2,(H,16,18). The van der Waals surface area contributed by atoms with Gasteiger partial charge in [-0.25, -0.2) is 0 Å². The van der Waals surface area contributed by atoms with Gasteiger partial charge < -0.3 is 16.2 Å². The highest BCUT2D eigenvalue weighted by Crippen LogP contribution is 2.29. The van der Waals surface area contributed by atoms with Gasteiger partial charge in [-0.15, -0.1) is 0 Å². The van der Waals surface area contributed by atoms with E-state index in [2.05, 4.69) is 10.3 Å². The van der Waals surface area contributed by atoms with Crippen LogP contribution in [0.4, 0.5) is 0 Å². The van der Waals surface area contributed by atoms with Crippen LogP contribution in [0.2, 0.25) is 0 Å². The molecule has 4 N–H and O–H groups in total. The van der Waals surface area contributed by atoms with Crippen LogP contribution >= 0.6 is 0 Å². The molecule has 1 saturated carbocycles. The Morgan fingerprint density at radius 1 is 1.50 bits per heavy atom. The fourth-order valence-corrected chi connectivity index (χ4v) is 2.42. The molecule has 1 heterocycles. The number of rotatable bonds is 4. The molecule has 0 unspecified atom stereocenters. The summed E-state index contributed by atoms with van der Waals surface area (Å²) in [5, 5.41) is 12.4. The van der Waals surface area contributed by atoms with Crippen molar-refractivity contribution in [2.75, 3.05) is 6.61 Å². The summed E-state index contributed by atoms with van der Waals surface area (Å²) in [4.78, 5) is 16.2. The monoisotopic (exact) mass is 249 g/mol. The first-order valence-corrected chi connectivity index (χ1v) is 6.27. The lowest BCUT2D eigenvalue weighted by molar-refractivity contribution is 0.0838. The highest BCUT2D eigenvalue weighted by Gasteiger charge is 2.34. The third kappa shape index (κ3) is 2.68. The van der Waals surface area contributed by atoms with Crippen molar-refractivity contribution in [3.8, 4) is 0 Å². The quantitative estimate of drug-likeness (QED) is 0.728. The van der Waals surface area contributed by atoms with E-state index in [0.717, 1.165) is 25.7 Å². The lowest BCUT2D eigenvalue weighted by Crippen LogP contribution is -2.49. The van der Waals surface area contributed by atoms with Gasteiger partial charge in [0.15, 0.2) is 0 Å². The molecular weight excluding hydrogens is 230 g/mol. The Hall–Kier alpha value is -1.46. The summed E-state index contributed by atoms with van der Waals surface area (Å²) in [6.07, 6.45) is 5.35. The SMILES string of the molecule is NCc1cc(C(=O)NC2(CO)CCCC2)ccn1. The van der Waals surface area contributed by atoms with Gasteiger partial charge in [0.1, 0.15) is 0 Å². The number of nitrogens with one attached hydrogen (secondary N) is 1. The number of hydrogen-bond acceptors (Lipinski definition) is 4. The summed E-state index contributed by atoms with van der Waals surface area (Å²) in [6.45, 7) is 0.305. The van der Waals surface area contributed by atoms with E-state index >= 15 is 0 Å². The summed E-state index contributed by atoms with van der Waals surface area (Å²) in [5.41, 5.74) is 6.29. The molecule has 5 nitrogen and oxygen atoms in total. The number of carbonyl (C=O) groups excluding carboxylic acids is 1. The molecule has 0 saturated heterocycles. The molecule has 1 aromatic heterocycles. The van der Waals surface area contributed by atoms with E-state index in [1.807, 2.05) is 0 Å². The van der Waals surface area contributed by atoms with Gasteiger partial charge in [0.2, 0.25) is 0 Å². The number of nitrogens with two attached hydrogens (primary N) is 1. The van der Waals surface area contributed by atoms with E-state index in [0.29, 0.717) is 17.8 Å². The minimum absolute atomic E-state index is 0.00638. The molecule has 2 rings (SSSR count). The largest absolute Gasteiger partial charge is 0.394 e. The van der Waals surface area contributed by atoms with Gasteiger partial charge in [-0.1, -0.05) is 12.8 Å². The molecule has 0 aromatic carbocycles. The molecule has 5 heteroatoms. The average Bonchev–Trinajstić information content (AvgIpc) is 2.88. The minimum atomic E-state index is -0.441. The summed E-state index contributed by atoms with van der Waals surface area (Å²) in [5.74, 6) is -0.164. The molecule has 1 amide bonds. The summed E-state index contributed by atoms with van der Waals surface area (Å²) in [7, 11) is 0. The topological polar surface area (TPSA) is 88.2 Å².